The van der Waals surface area contributed by atoms with Crippen LogP contribution >= 0.6 is 0 Å². The topological polar surface area (TPSA) is 60.3 Å². The zero-order chi connectivity index (χ0) is 19.5. The molecule has 4 heterocycles. The summed E-state index contributed by atoms with van der Waals surface area (Å²) >= 11 is 0. The average molecular weight is 383 g/mol. The maximum Gasteiger partial charge on any atom is 0.225 e. The highest BCUT2D eigenvalue weighted by atomic mass is 16.5. The van der Waals surface area contributed by atoms with Crippen molar-refractivity contribution < 1.29 is 9.53 Å². The Morgan fingerprint density at radius 3 is 2.61 bits per heavy atom. The minimum absolute atomic E-state index is 0.176. The third-order valence-electron chi connectivity index (χ3n) is 6.33. The Labute approximate surface area is 166 Å². The number of nitrogens with zero attached hydrogens (tertiary/aromatic N) is 4. The molecule has 0 N–H and O–H groups in total. The molecule has 2 fully saturated rings. The first-order valence-electron chi connectivity index (χ1n) is 10.4. The highest BCUT2D eigenvalue weighted by Crippen LogP contribution is 2.26. The Hall–Kier alpha value is -2.21. The molecule has 2 saturated heterocycles. The van der Waals surface area contributed by atoms with Gasteiger partial charge in [-0.05, 0) is 62.6 Å². The summed E-state index contributed by atoms with van der Waals surface area (Å²) in [5.74, 6) is 2.14. The molecule has 2 aromatic rings. The van der Waals surface area contributed by atoms with E-state index in [0.29, 0.717) is 11.8 Å². The number of likely N-dealkylation sites (tertiary alicyclic amines) is 1. The summed E-state index contributed by atoms with van der Waals surface area (Å²) in [7, 11) is 2.02. The van der Waals surface area contributed by atoms with E-state index in [1.165, 1.54) is 5.56 Å². The van der Waals surface area contributed by atoms with Crippen molar-refractivity contribution in [1.29, 1.82) is 0 Å². The van der Waals surface area contributed by atoms with Gasteiger partial charge in [0, 0.05) is 45.5 Å². The van der Waals surface area contributed by atoms with Crippen molar-refractivity contribution in [3.05, 3.63) is 35.9 Å². The first kappa shape index (κ1) is 19.1. The summed E-state index contributed by atoms with van der Waals surface area (Å²) in [5, 5.41) is 0. The van der Waals surface area contributed by atoms with Crippen LogP contribution in [0, 0.1) is 18.8 Å². The van der Waals surface area contributed by atoms with Gasteiger partial charge in [-0.1, -0.05) is 0 Å². The van der Waals surface area contributed by atoms with Crippen LogP contribution in [0.15, 0.2) is 24.5 Å². The zero-order valence-corrected chi connectivity index (χ0v) is 16.9. The predicted octanol–water partition coefficient (Wildman–Crippen LogP) is 3.00. The SMILES string of the molecule is Cc1ncc(-c2cc(CC3CCN(C(=O)C4CCOCC4)CC3)ccn2)n1C. The molecule has 150 valence electrons. The summed E-state index contributed by atoms with van der Waals surface area (Å²) in [6, 6.07) is 4.31. The molecule has 0 aliphatic carbocycles. The van der Waals surface area contributed by atoms with Crippen molar-refractivity contribution in [2.45, 2.75) is 39.0 Å². The minimum Gasteiger partial charge on any atom is -0.381 e. The van der Waals surface area contributed by atoms with Gasteiger partial charge < -0.3 is 14.2 Å². The minimum atomic E-state index is 0.176. The lowest BCUT2D eigenvalue weighted by Crippen LogP contribution is -2.43. The Balaban J connectivity index is 1.34. The van der Waals surface area contributed by atoms with Crippen molar-refractivity contribution in [2.24, 2.45) is 18.9 Å². The van der Waals surface area contributed by atoms with E-state index < -0.39 is 0 Å². The Morgan fingerprint density at radius 1 is 1.18 bits per heavy atom. The first-order valence-corrected chi connectivity index (χ1v) is 10.4. The monoisotopic (exact) mass is 382 g/mol. The molecule has 2 aromatic heterocycles. The average Bonchev–Trinajstić information content (AvgIpc) is 3.07. The molecule has 0 aromatic carbocycles. The van der Waals surface area contributed by atoms with Crippen LogP contribution in [0.25, 0.3) is 11.4 Å². The molecular formula is C22H30N4O2. The molecule has 4 rings (SSSR count). The summed E-state index contributed by atoms with van der Waals surface area (Å²) < 4.78 is 7.47. The molecule has 0 atom stereocenters. The smallest absolute Gasteiger partial charge is 0.225 e. The van der Waals surface area contributed by atoms with Crippen molar-refractivity contribution >= 4 is 5.91 Å². The molecule has 2 aliphatic rings. The second-order valence-corrected chi connectivity index (χ2v) is 8.16. The van der Waals surface area contributed by atoms with Crippen molar-refractivity contribution in [1.82, 2.24) is 19.4 Å². The van der Waals surface area contributed by atoms with Crippen LogP contribution in [0.1, 0.15) is 37.1 Å². The van der Waals surface area contributed by atoms with Crippen LogP contribution in [0.2, 0.25) is 0 Å². The molecular weight excluding hydrogens is 352 g/mol. The van der Waals surface area contributed by atoms with E-state index in [9.17, 15) is 4.79 Å². The lowest BCUT2D eigenvalue weighted by molar-refractivity contribution is -0.139. The zero-order valence-electron chi connectivity index (χ0n) is 16.9. The van der Waals surface area contributed by atoms with Crippen LogP contribution in [-0.4, -0.2) is 51.6 Å². The van der Waals surface area contributed by atoms with Gasteiger partial charge in [0.15, 0.2) is 0 Å². The highest BCUT2D eigenvalue weighted by Gasteiger charge is 2.29. The van der Waals surface area contributed by atoms with Crippen LogP contribution < -0.4 is 0 Å². The number of ether oxygens (including phenoxy) is 1. The van der Waals surface area contributed by atoms with Crippen molar-refractivity contribution in [2.75, 3.05) is 26.3 Å². The number of hydrogen-bond acceptors (Lipinski definition) is 4. The molecule has 6 nitrogen and oxygen atoms in total. The van der Waals surface area contributed by atoms with Crippen LogP contribution in [0.3, 0.4) is 0 Å². The number of carbonyl (C=O) groups is 1. The first-order chi connectivity index (χ1) is 13.6. The number of aromatic nitrogens is 3. The van der Waals surface area contributed by atoms with E-state index in [1.807, 2.05) is 26.4 Å². The standard InChI is InChI=1S/C22H30N4O2/c1-16-24-15-21(25(16)2)20-14-18(3-8-23-20)13-17-4-9-26(10-5-17)22(27)19-6-11-28-12-7-19/h3,8,14-15,17,19H,4-7,9-13H2,1-2H3. The van der Waals surface area contributed by atoms with Gasteiger partial charge in [-0.15, -0.1) is 0 Å². The van der Waals surface area contributed by atoms with Gasteiger partial charge in [0.1, 0.15) is 5.82 Å². The van der Waals surface area contributed by atoms with Crippen molar-refractivity contribution in [3.8, 4) is 11.4 Å². The summed E-state index contributed by atoms with van der Waals surface area (Å²) in [6.45, 7) is 5.24. The number of pyridine rings is 1. The number of amides is 1. The molecule has 0 saturated carbocycles. The Morgan fingerprint density at radius 2 is 1.93 bits per heavy atom. The van der Waals surface area contributed by atoms with Gasteiger partial charge in [0.25, 0.3) is 0 Å². The fraction of sp³-hybridized carbons (Fsp3) is 0.591. The van der Waals surface area contributed by atoms with E-state index in [0.717, 1.165) is 75.6 Å². The van der Waals surface area contributed by atoms with Gasteiger partial charge in [0.2, 0.25) is 5.91 Å². The third kappa shape index (κ3) is 4.12. The second-order valence-electron chi connectivity index (χ2n) is 8.16. The number of imidazole rings is 1. The van der Waals surface area contributed by atoms with Crippen LogP contribution in [0.5, 0.6) is 0 Å². The van der Waals surface area contributed by atoms with E-state index in [4.69, 9.17) is 4.74 Å². The molecule has 1 amide bonds. The van der Waals surface area contributed by atoms with E-state index in [-0.39, 0.29) is 5.92 Å². The van der Waals surface area contributed by atoms with Crippen molar-refractivity contribution in [3.63, 3.8) is 0 Å². The van der Waals surface area contributed by atoms with Crippen LogP contribution in [0.4, 0.5) is 0 Å². The fourth-order valence-corrected chi connectivity index (χ4v) is 4.37. The second kappa shape index (κ2) is 8.43. The largest absolute Gasteiger partial charge is 0.381 e. The van der Waals surface area contributed by atoms with E-state index >= 15 is 0 Å². The molecule has 6 heteroatoms. The van der Waals surface area contributed by atoms with Gasteiger partial charge >= 0.3 is 0 Å². The molecule has 0 spiro atoms. The number of rotatable bonds is 4. The summed E-state index contributed by atoms with van der Waals surface area (Å²) in [4.78, 5) is 23.7. The van der Waals surface area contributed by atoms with Gasteiger partial charge in [0.05, 0.1) is 17.6 Å². The fourth-order valence-electron chi connectivity index (χ4n) is 4.37. The number of carbonyl (C=O) groups excluding carboxylic acids is 1. The maximum atomic E-state index is 12.7. The Kier molecular flexibility index (Phi) is 5.76. The highest BCUT2D eigenvalue weighted by molar-refractivity contribution is 5.79. The number of piperidine rings is 1. The lowest BCUT2D eigenvalue weighted by atomic mass is 9.89. The van der Waals surface area contributed by atoms with E-state index in [1.54, 1.807) is 0 Å². The van der Waals surface area contributed by atoms with Crippen LogP contribution in [-0.2, 0) is 23.0 Å². The third-order valence-corrected chi connectivity index (χ3v) is 6.33. The van der Waals surface area contributed by atoms with Gasteiger partial charge in [-0.25, -0.2) is 4.98 Å². The summed E-state index contributed by atoms with van der Waals surface area (Å²) in [6.07, 6.45) is 8.76. The van der Waals surface area contributed by atoms with E-state index in [2.05, 4.69) is 31.6 Å². The molecule has 28 heavy (non-hydrogen) atoms. The molecule has 0 unspecified atom stereocenters. The molecule has 2 aliphatic heterocycles. The Bertz CT molecular complexity index is 818. The van der Waals surface area contributed by atoms with Gasteiger partial charge in [-0.3, -0.25) is 9.78 Å². The van der Waals surface area contributed by atoms with Gasteiger partial charge in [-0.2, -0.15) is 0 Å². The molecule has 0 radical (unpaired) electrons. The summed E-state index contributed by atoms with van der Waals surface area (Å²) in [5.41, 5.74) is 3.35. The quantitative estimate of drug-likeness (QED) is 0.816. The predicted molar refractivity (Wildman–Crippen MR) is 108 cm³/mol. The lowest BCUT2D eigenvalue weighted by Gasteiger charge is -2.35. The maximum absolute atomic E-state index is 12.7. The molecule has 0 bridgehead atoms. The number of aryl methyl sites for hydroxylation is 1. The normalized spacial score (nSPS) is 19.1. The number of hydrogen-bond donors (Lipinski definition) is 0.